The van der Waals surface area contributed by atoms with Crippen molar-refractivity contribution in [2.24, 2.45) is 0 Å². The molecule has 0 saturated heterocycles. The molecular formula is C8H6Cl3F3N4O2. The summed E-state index contributed by atoms with van der Waals surface area (Å²) in [4.78, 5) is 11.4. The smallest absolute Gasteiger partial charge is 0.453 e. The topological polar surface area (TPSA) is 69.9 Å². The predicted molar refractivity (Wildman–Crippen MR) is 63.2 cm³/mol. The van der Waals surface area contributed by atoms with Gasteiger partial charge in [0.2, 0.25) is 5.78 Å². The molecule has 0 saturated carbocycles. The second-order valence-corrected chi connectivity index (χ2v) is 5.62. The number of aromatic nitrogens is 4. The lowest BCUT2D eigenvalue weighted by Crippen LogP contribution is -2.20. The predicted octanol–water partition coefficient (Wildman–Crippen LogP) is 2.16. The fourth-order valence-corrected chi connectivity index (χ4v) is 1.22. The molecule has 6 nitrogen and oxygen atoms in total. The Morgan fingerprint density at radius 2 is 2.00 bits per heavy atom. The van der Waals surface area contributed by atoms with E-state index < -0.39 is 28.1 Å². The molecule has 0 radical (unpaired) electrons. The minimum atomic E-state index is -4.75. The number of hydrogen-bond acceptors (Lipinski definition) is 5. The summed E-state index contributed by atoms with van der Waals surface area (Å²) in [6.07, 6.45) is -3.99. The first-order valence-electron chi connectivity index (χ1n) is 4.74. The van der Waals surface area contributed by atoms with Gasteiger partial charge < -0.3 is 4.74 Å². The van der Waals surface area contributed by atoms with Gasteiger partial charge in [0, 0.05) is 6.08 Å². The molecule has 0 aliphatic heterocycles. The number of hydrogen-bond donors (Lipinski definition) is 0. The molecule has 1 rings (SSSR count). The van der Waals surface area contributed by atoms with E-state index in [0.29, 0.717) is 4.68 Å². The van der Waals surface area contributed by atoms with Crippen molar-refractivity contribution in [3.8, 4) is 0 Å². The lowest BCUT2D eigenvalue weighted by atomic mass is 10.3. The van der Waals surface area contributed by atoms with E-state index in [1.807, 2.05) is 0 Å². The molecule has 1 aromatic heterocycles. The van der Waals surface area contributed by atoms with E-state index >= 15 is 0 Å². The van der Waals surface area contributed by atoms with E-state index in [2.05, 4.69) is 15.5 Å². The summed E-state index contributed by atoms with van der Waals surface area (Å²) < 4.78 is 40.5. The van der Waals surface area contributed by atoms with Crippen LogP contribution < -0.4 is 0 Å². The molecule has 0 atom stereocenters. The Bertz CT molecular complexity index is 524. The van der Waals surface area contributed by atoms with Crippen LogP contribution in [-0.4, -0.2) is 36.9 Å². The number of nitrogens with zero attached hydrogens (tertiary/aromatic N) is 4. The summed E-state index contributed by atoms with van der Waals surface area (Å²) in [6.45, 7) is -0.551. The maximum Gasteiger partial charge on any atom is 0.453 e. The summed E-state index contributed by atoms with van der Waals surface area (Å²) >= 11 is 16.0. The molecule has 1 heterocycles. The summed E-state index contributed by atoms with van der Waals surface area (Å²) in [6, 6.07) is 0. The molecule has 0 aromatic carbocycles. The molecular weight excluding hydrogens is 347 g/mol. The molecule has 0 aliphatic rings. The number of rotatable bonds is 4. The highest BCUT2D eigenvalue weighted by molar-refractivity contribution is 6.77. The highest BCUT2D eigenvalue weighted by atomic mass is 35.6. The molecule has 0 N–H and O–H groups in total. The average Bonchev–Trinajstić information content (AvgIpc) is 2.74. The zero-order chi connectivity index (χ0) is 15.6. The quantitative estimate of drug-likeness (QED) is 0.471. The van der Waals surface area contributed by atoms with Gasteiger partial charge >= 0.3 is 6.18 Å². The SMILES string of the molecule is CO/C(=C\C(=O)C(Cl)(Cl)Cl)Cn1nnnc1C(F)(F)F. The van der Waals surface area contributed by atoms with Crippen molar-refractivity contribution in [3.05, 3.63) is 17.7 Å². The van der Waals surface area contributed by atoms with Crippen LogP contribution in [0.3, 0.4) is 0 Å². The van der Waals surface area contributed by atoms with Gasteiger partial charge in [-0.05, 0) is 10.4 Å². The normalized spacial score (nSPS) is 13.4. The number of halogens is 6. The van der Waals surface area contributed by atoms with Crippen LogP contribution in [0.15, 0.2) is 11.8 Å². The Labute approximate surface area is 125 Å². The average molecular weight is 354 g/mol. The lowest BCUT2D eigenvalue weighted by molar-refractivity contribution is -0.148. The highest BCUT2D eigenvalue weighted by Gasteiger charge is 2.38. The molecule has 112 valence electrons. The monoisotopic (exact) mass is 352 g/mol. The number of ether oxygens (including phenoxy) is 1. The Morgan fingerprint density at radius 1 is 1.40 bits per heavy atom. The molecule has 0 bridgehead atoms. The van der Waals surface area contributed by atoms with Crippen LogP contribution in [0.5, 0.6) is 0 Å². The zero-order valence-electron chi connectivity index (χ0n) is 9.66. The van der Waals surface area contributed by atoms with Gasteiger partial charge in [-0.25, -0.2) is 4.68 Å². The Balaban J connectivity index is 2.99. The second-order valence-electron chi connectivity index (χ2n) is 3.33. The molecule has 20 heavy (non-hydrogen) atoms. The minimum absolute atomic E-state index is 0.209. The van der Waals surface area contributed by atoms with Gasteiger partial charge in [0.1, 0.15) is 12.3 Å². The molecule has 0 amide bonds. The van der Waals surface area contributed by atoms with E-state index in [4.69, 9.17) is 39.5 Å². The summed E-state index contributed by atoms with van der Waals surface area (Å²) in [5.41, 5.74) is 0. The molecule has 0 aliphatic carbocycles. The van der Waals surface area contributed by atoms with Gasteiger partial charge in [0.05, 0.1) is 7.11 Å². The number of ketones is 1. The highest BCUT2D eigenvalue weighted by Crippen LogP contribution is 2.29. The van der Waals surface area contributed by atoms with Crippen LogP contribution in [0.25, 0.3) is 0 Å². The Hall–Kier alpha value is -1.06. The number of carbonyl (C=O) groups excluding carboxylic acids is 1. The summed E-state index contributed by atoms with van der Waals surface area (Å²) in [5.74, 6) is -2.53. The first-order valence-corrected chi connectivity index (χ1v) is 5.88. The van der Waals surface area contributed by atoms with Crippen LogP contribution in [0.1, 0.15) is 5.82 Å². The van der Waals surface area contributed by atoms with Crippen molar-refractivity contribution < 1.29 is 22.7 Å². The van der Waals surface area contributed by atoms with Crippen molar-refractivity contribution in [1.29, 1.82) is 0 Å². The van der Waals surface area contributed by atoms with Crippen LogP contribution in [-0.2, 0) is 22.3 Å². The number of carbonyl (C=O) groups is 1. The standard InChI is InChI=1S/C8H6Cl3F3N4O2/c1-20-4(2-5(19)7(9,10)11)3-18-6(8(12,13)14)15-16-17-18/h2H,3H2,1H3/b4-2-. The molecule has 1 aromatic rings. The van der Waals surface area contributed by atoms with Crippen LogP contribution >= 0.6 is 34.8 Å². The van der Waals surface area contributed by atoms with Gasteiger partial charge in [0.15, 0.2) is 0 Å². The molecule has 0 spiro atoms. The fourth-order valence-electron chi connectivity index (χ4n) is 1.06. The van der Waals surface area contributed by atoms with Crippen molar-refractivity contribution >= 4 is 40.6 Å². The van der Waals surface area contributed by atoms with Crippen molar-refractivity contribution in [3.63, 3.8) is 0 Å². The van der Waals surface area contributed by atoms with E-state index in [-0.39, 0.29) is 5.76 Å². The van der Waals surface area contributed by atoms with Gasteiger partial charge in [-0.2, -0.15) is 13.2 Å². The van der Waals surface area contributed by atoms with Crippen LogP contribution in [0.4, 0.5) is 13.2 Å². The Morgan fingerprint density at radius 3 is 2.45 bits per heavy atom. The number of allylic oxidation sites excluding steroid dienone is 2. The number of methoxy groups -OCH3 is 1. The van der Waals surface area contributed by atoms with Gasteiger partial charge in [-0.1, -0.05) is 34.8 Å². The van der Waals surface area contributed by atoms with Crippen molar-refractivity contribution in [2.75, 3.05) is 7.11 Å². The van der Waals surface area contributed by atoms with Gasteiger partial charge in [-0.3, -0.25) is 4.79 Å². The molecule has 12 heteroatoms. The summed E-state index contributed by atoms with van der Waals surface area (Å²) in [5, 5.41) is 8.88. The number of tetrazole rings is 1. The Kier molecular flexibility index (Phi) is 5.22. The summed E-state index contributed by atoms with van der Waals surface area (Å²) in [7, 11) is 1.13. The van der Waals surface area contributed by atoms with E-state index in [9.17, 15) is 18.0 Å². The molecule has 0 fully saturated rings. The zero-order valence-corrected chi connectivity index (χ0v) is 11.9. The van der Waals surface area contributed by atoms with E-state index in [1.165, 1.54) is 0 Å². The molecule has 0 unspecified atom stereocenters. The first-order chi connectivity index (χ1) is 9.05. The lowest BCUT2D eigenvalue weighted by Gasteiger charge is -2.11. The second kappa shape index (κ2) is 6.15. The largest absolute Gasteiger partial charge is 0.499 e. The van der Waals surface area contributed by atoms with Crippen LogP contribution in [0.2, 0.25) is 0 Å². The third kappa shape index (κ3) is 4.50. The fraction of sp³-hybridized carbons (Fsp3) is 0.500. The van der Waals surface area contributed by atoms with Crippen LogP contribution in [0, 0.1) is 0 Å². The maximum atomic E-state index is 12.5. The maximum absolute atomic E-state index is 12.5. The minimum Gasteiger partial charge on any atom is -0.499 e. The van der Waals surface area contributed by atoms with Gasteiger partial charge in [-0.15, -0.1) is 5.10 Å². The van der Waals surface area contributed by atoms with Crippen molar-refractivity contribution in [1.82, 2.24) is 20.2 Å². The van der Waals surface area contributed by atoms with E-state index in [1.54, 1.807) is 0 Å². The first kappa shape index (κ1) is 17.0. The van der Waals surface area contributed by atoms with Gasteiger partial charge in [0.25, 0.3) is 9.62 Å². The number of alkyl halides is 6. The third-order valence-electron chi connectivity index (χ3n) is 1.92. The van der Waals surface area contributed by atoms with E-state index in [0.717, 1.165) is 13.2 Å². The third-order valence-corrected chi connectivity index (χ3v) is 2.48. The van der Waals surface area contributed by atoms with Crippen molar-refractivity contribution in [2.45, 2.75) is 16.5 Å².